The van der Waals surface area contributed by atoms with E-state index >= 15 is 0 Å². The number of furan rings is 1. The number of hydrogen-bond donors (Lipinski definition) is 0. The number of ether oxygens (including phenoxy) is 2. The summed E-state index contributed by atoms with van der Waals surface area (Å²) >= 11 is 6.20. The summed E-state index contributed by atoms with van der Waals surface area (Å²) in [7, 11) is 0. The molecule has 0 aliphatic carbocycles. The first kappa shape index (κ1) is 29.4. The van der Waals surface area contributed by atoms with Crippen LogP contribution >= 0.6 is 11.6 Å². The molecule has 0 unspecified atom stereocenters. The maximum Gasteiger partial charge on any atom is 0.282 e. The Kier molecular flexibility index (Phi) is 8.45. The van der Waals surface area contributed by atoms with Crippen molar-refractivity contribution >= 4 is 39.7 Å². The van der Waals surface area contributed by atoms with Gasteiger partial charge in [0, 0.05) is 21.5 Å². The van der Waals surface area contributed by atoms with E-state index in [0.717, 1.165) is 16.5 Å². The van der Waals surface area contributed by atoms with Crippen LogP contribution in [0.3, 0.4) is 0 Å². The monoisotopic (exact) mass is 614 g/mol. The number of benzene rings is 4. The third kappa shape index (κ3) is 6.07. The number of nitriles is 1. The number of fused-ring (bicyclic) bond motifs is 2. The summed E-state index contributed by atoms with van der Waals surface area (Å²) in [5, 5.41) is 15.9. The quantitative estimate of drug-likeness (QED) is 0.115. The van der Waals surface area contributed by atoms with Gasteiger partial charge in [-0.1, -0.05) is 48.0 Å². The molecule has 6 rings (SSSR count). The minimum absolute atomic E-state index is 0.186. The summed E-state index contributed by atoms with van der Waals surface area (Å²) < 4.78 is 19.5. The summed E-state index contributed by atoms with van der Waals surface area (Å²) in [6, 6.07) is 27.4. The van der Waals surface area contributed by atoms with Crippen LogP contribution in [-0.2, 0) is 13.0 Å². The molecule has 45 heavy (non-hydrogen) atoms. The van der Waals surface area contributed by atoms with Gasteiger partial charge in [0.2, 0.25) is 5.82 Å². The Balaban J connectivity index is 1.44. The van der Waals surface area contributed by atoms with Gasteiger partial charge in [-0.2, -0.15) is 15.0 Å². The Morgan fingerprint density at radius 1 is 1.04 bits per heavy atom. The molecule has 0 amide bonds. The van der Waals surface area contributed by atoms with E-state index in [1.54, 1.807) is 66.9 Å². The first-order valence-corrected chi connectivity index (χ1v) is 14.6. The molecule has 0 aliphatic heterocycles. The highest BCUT2D eigenvalue weighted by Crippen LogP contribution is 2.35. The average Bonchev–Trinajstić information content (AvgIpc) is 3.47. The first-order chi connectivity index (χ1) is 22.0. The van der Waals surface area contributed by atoms with Crippen molar-refractivity contribution in [2.45, 2.75) is 20.0 Å². The van der Waals surface area contributed by atoms with Crippen LogP contribution in [0.2, 0.25) is 5.02 Å². The van der Waals surface area contributed by atoms with E-state index < -0.39 is 0 Å². The lowest BCUT2D eigenvalue weighted by atomic mass is 10.1. The van der Waals surface area contributed by atoms with Gasteiger partial charge in [-0.05, 0) is 73.5 Å². The number of rotatable bonds is 10. The molecule has 8 nitrogen and oxygen atoms in total. The molecule has 4 aromatic carbocycles. The SMILES string of the molecule is C=CCc1cc(C=Nn2c(-c3cc4cc(Cl)ccc4o3)nc3ccccc3c2=O)cc(OCC)c1OCc1ccccc1C#N. The highest BCUT2D eigenvalue weighted by molar-refractivity contribution is 6.31. The van der Waals surface area contributed by atoms with Gasteiger partial charge in [0.25, 0.3) is 5.56 Å². The normalized spacial score (nSPS) is 11.2. The predicted molar refractivity (Wildman–Crippen MR) is 176 cm³/mol. The van der Waals surface area contributed by atoms with Crippen molar-refractivity contribution in [1.29, 1.82) is 5.26 Å². The van der Waals surface area contributed by atoms with Crippen LogP contribution in [0.1, 0.15) is 29.2 Å². The molecule has 0 saturated carbocycles. The molecule has 2 heterocycles. The first-order valence-electron chi connectivity index (χ1n) is 14.3. The van der Waals surface area contributed by atoms with Crippen LogP contribution in [-0.4, -0.2) is 22.5 Å². The van der Waals surface area contributed by atoms with E-state index in [2.05, 4.69) is 17.7 Å². The summed E-state index contributed by atoms with van der Waals surface area (Å²) in [4.78, 5) is 18.5. The van der Waals surface area contributed by atoms with Crippen molar-refractivity contribution < 1.29 is 13.9 Å². The van der Waals surface area contributed by atoms with Crippen LogP contribution in [0.4, 0.5) is 0 Å². The van der Waals surface area contributed by atoms with Gasteiger partial charge in [-0.15, -0.1) is 6.58 Å². The number of aromatic nitrogens is 2. The second kappa shape index (κ2) is 12.9. The third-order valence-corrected chi connectivity index (χ3v) is 7.34. The Morgan fingerprint density at radius 3 is 2.69 bits per heavy atom. The maximum absolute atomic E-state index is 13.7. The van der Waals surface area contributed by atoms with Crippen LogP contribution < -0.4 is 15.0 Å². The molecule has 0 atom stereocenters. The zero-order valence-corrected chi connectivity index (χ0v) is 25.1. The second-order valence-corrected chi connectivity index (χ2v) is 10.5. The van der Waals surface area contributed by atoms with Crippen LogP contribution in [0.25, 0.3) is 33.5 Å². The molecule has 222 valence electrons. The number of hydrogen-bond acceptors (Lipinski definition) is 7. The standard InChI is InChI=1S/C36H27ClN4O4/c1-3-9-24-16-23(17-32(43-4-2)34(24)44-22-26-11-6-5-10-25(26)20-38)21-39-41-35(40-30-13-8-7-12-29(30)36(41)42)33-19-27-18-28(37)14-15-31(27)45-33/h3,5-8,10-19,21H,1,4,9,22H2,2H3. The molecule has 0 radical (unpaired) electrons. The number of allylic oxidation sites excluding steroid dienone is 1. The van der Waals surface area contributed by atoms with E-state index in [-0.39, 0.29) is 18.0 Å². The minimum atomic E-state index is -0.349. The topological polar surface area (TPSA) is 103 Å². The summed E-state index contributed by atoms with van der Waals surface area (Å²) in [5.74, 6) is 1.67. The van der Waals surface area contributed by atoms with E-state index in [1.165, 1.54) is 4.68 Å². The highest BCUT2D eigenvalue weighted by Gasteiger charge is 2.18. The van der Waals surface area contributed by atoms with Crippen LogP contribution in [0.15, 0.2) is 112 Å². The highest BCUT2D eigenvalue weighted by atomic mass is 35.5. The molecular formula is C36H27ClN4O4. The van der Waals surface area contributed by atoms with Gasteiger partial charge in [0.15, 0.2) is 17.3 Å². The summed E-state index contributed by atoms with van der Waals surface area (Å²) in [6.45, 7) is 6.37. The van der Waals surface area contributed by atoms with E-state index in [0.29, 0.717) is 62.9 Å². The molecule has 0 fully saturated rings. The predicted octanol–water partition coefficient (Wildman–Crippen LogP) is 7.92. The molecule has 0 spiro atoms. The molecule has 6 aromatic rings. The van der Waals surface area contributed by atoms with Crippen molar-refractivity contribution in [3.05, 3.63) is 135 Å². The largest absolute Gasteiger partial charge is 0.490 e. The lowest BCUT2D eigenvalue weighted by molar-refractivity contribution is 0.267. The molecule has 0 N–H and O–H groups in total. The van der Waals surface area contributed by atoms with Gasteiger partial charge in [-0.25, -0.2) is 4.98 Å². The van der Waals surface area contributed by atoms with Crippen molar-refractivity contribution in [2.75, 3.05) is 6.61 Å². The third-order valence-electron chi connectivity index (χ3n) is 7.10. The van der Waals surface area contributed by atoms with Gasteiger partial charge >= 0.3 is 0 Å². The minimum Gasteiger partial charge on any atom is -0.490 e. The zero-order valence-electron chi connectivity index (χ0n) is 24.4. The summed E-state index contributed by atoms with van der Waals surface area (Å²) in [6.07, 6.45) is 3.83. The van der Waals surface area contributed by atoms with Gasteiger partial charge in [-0.3, -0.25) is 4.79 Å². The Labute approximate surface area is 264 Å². The summed E-state index contributed by atoms with van der Waals surface area (Å²) in [5.41, 5.74) is 3.57. The molecule has 0 saturated heterocycles. The molecule has 0 bridgehead atoms. The van der Waals surface area contributed by atoms with Crippen molar-refractivity contribution in [3.63, 3.8) is 0 Å². The lowest BCUT2D eigenvalue weighted by Gasteiger charge is -2.17. The fourth-order valence-electron chi connectivity index (χ4n) is 5.04. The van der Waals surface area contributed by atoms with E-state index in [1.807, 2.05) is 37.3 Å². The molecule has 0 aliphatic rings. The molecular weight excluding hydrogens is 588 g/mol. The fraction of sp³-hybridized carbons (Fsp3) is 0.111. The lowest BCUT2D eigenvalue weighted by Crippen LogP contribution is -2.20. The Morgan fingerprint density at radius 2 is 1.87 bits per heavy atom. The van der Waals surface area contributed by atoms with Gasteiger partial charge in [0.1, 0.15) is 12.2 Å². The van der Waals surface area contributed by atoms with E-state index in [9.17, 15) is 10.1 Å². The Hall–Kier alpha value is -5.65. The number of halogens is 1. The van der Waals surface area contributed by atoms with Crippen molar-refractivity contribution in [2.24, 2.45) is 5.10 Å². The van der Waals surface area contributed by atoms with E-state index in [4.69, 9.17) is 30.5 Å². The van der Waals surface area contributed by atoms with Crippen LogP contribution in [0.5, 0.6) is 11.5 Å². The number of nitrogens with zero attached hydrogens (tertiary/aromatic N) is 4. The zero-order chi connectivity index (χ0) is 31.3. The number of para-hydroxylation sites is 1. The smallest absolute Gasteiger partial charge is 0.282 e. The fourth-order valence-corrected chi connectivity index (χ4v) is 5.22. The van der Waals surface area contributed by atoms with Crippen LogP contribution in [0, 0.1) is 11.3 Å². The molecule has 9 heteroatoms. The van der Waals surface area contributed by atoms with Crippen molar-refractivity contribution in [3.8, 4) is 29.2 Å². The molecule has 2 aromatic heterocycles. The van der Waals surface area contributed by atoms with Crippen molar-refractivity contribution in [1.82, 2.24) is 9.66 Å². The Bertz CT molecular complexity index is 2190. The average molecular weight is 615 g/mol. The maximum atomic E-state index is 13.7. The second-order valence-electron chi connectivity index (χ2n) is 10.1. The van der Waals surface area contributed by atoms with Gasteiger partial charge in [0.05, 0.1) is 35.4 Å². The van der Waals surface area contributed by atoms with Gasteiger partial charge < -0.3 is 13.9 Å².